The summed E-state index contributed by atoms with van der Waals surface area (Å²) in [6.45, 7) is 6.27. The van der Waals surface area contributed by atoms with Gasteiger partial charge in [-0.05, 0) is 12.8 Å². The highest BCUT2D eigenvalue weighted by Crippen LogP contribution is 1.99. The molecule has 126 valence electrons. The predicted octanol–water partition coefficient (Wildman–Crippen LogP) is 0.790. The fourth-order valence-corrected chi connectivity index (χ4v) is 1.94. The first kappa shape index (κ1) is 20.5. The van der Waals surface area contributed by atoms with E-state index in [1.807, 2.05) is 0 Å². The van der Waals surface area contributed by atoms with Gasteiger partial charge in [-0.1, -0.05) is 19.4 Å². The Bertz CT molecular complexity index is 375. The number of rotatable bonds is 12. The second-order valence-electron chi connectivity index (χ2n) is 4.85. The zero-order chi connectivity index (χ0) is 16.8. The van der Waals surface area contributed by atoms with Crippen molar-refractivity contribution < 1.29 is 14.4 Å². The maximum absolute atomic E-state index is 11.8. The standard InChI is InChI=1S/C15H27N3O3S/c1-3-9-16-14(20)8-6-5-7-10-17-15(21)12(11-22)18-13(19)4-2/h3,12,22H,1,4-11H2,2H3,(H,16,20)(H,17,21)(H,18,19). The van der Waals surface area contributed by atoms with Crippen molar-refractivity contribution in [1.29, 1.82) is 0 Å². The predicted molar refractivity (Wildman–Crippen MR) is 90.8 cm³/mol. The van der Waals surface area contributed by atoms with E-state index in [4.69, 9.17) is 0 Å². The van der Waals surface area contributed by atoms with Crippen LogP contribution in [0, 0.1) is 0 Å². The summed E-state index contributed by atoms with van der Waals surface area (Å²) in [5, 5.41) is 8.10. The van der Waals surface area contributed by atoms with Gasteiger partial charge in [0, 0.05) is 31.7 Å². The van der Waals surface area contributed by atoms with Gasteiger partial charge >= 0.3 is 0 Å². The van der Waals surface area contributed by atoms with Gasteiger partial charge in [0.05, 0.1) is 0 Å². The van der Waals surface area contributed by atoms with Gasteiger partial charge in [-0.3, -0.25) is 14.4 Å². The normalized spacial score (nSPS) is 11.4. The van der Waals surface area contributed by atoms with Gasteiger partial charge in [0.15, 0.2) is 0 Å². The van der Waals surface area contributed by atoms with Gasteiger partial charge in [0.25, 0.3) is 0 Å². The summed E-state index contributed by atoms with van der Waals surface area (Å²) in [7, 11) is 0. The lowest BCUT2D eigenvalue weighted by Crippen LogP contribution is -2.48. The van der Waals surface area contributed by atoms with Crippen molar-refractivity contribution in [2.45, 2.75) is 45.1 Å². The largest absolute Gasteiger partial charge is 0.354 e. The lowest BCUT2D eigenvalue weighted by Gasteiger charge is -2.15. The van der Waals surface area contributed by atoms with E-state index in [0.29, 0.717) is 25.9 Å². The molecular formula is C15H27N3O3S. The molecule has 0 fully saturated rings. The molecule has 7 heteroatoms. The Morgan fingerprint density at radius 1 is 1.14 bits per heavy atom. The highest BCUT2D eigenvalue weighted by atomic mass is 32.1. The van der Waals surface area contributed by atoms with E-state index in [2.05, 4.69) is 35.2 Å². The Kier molecular flexibility index (Phi) is 12.3. The van der Waals surface area contributed by atoms with E-state index >= 15 is 0 Å². The van der Waals surface area contributed by atoms with E-state index in [0.717, 1.165) is 19.3 Å². The first-order valence-corrected chi connectivity index (χ1v) is 8.23. The first-order valence-electron chi connectivity index (χ1n) is 7.60. The van der Waals surface area contributed by atoms with Gasteiger partial charge in [-0.25, -0.2) is 0 Å². The van der Waals surface area contributed by atoms with Crippen LogP contribution in [-0.2, 0) is 14.4 Å². The number of carbonyl (C=O) groups is 3. The number of hydrogen-bond donors (Lipinski definition) is 4. The molecule has 0 radical (unpaired) electrons. The maximum Gasteiger partial charge on any atom is 0.243 e. The van der Waals surface area contributed by atoms with Crippen molar-refractivity contribution in [2.75, 3.05) is 18.8 Å². The number of nitrogens with one attached hydrogen (secondary N) is 3. The molecular weight excluding hydrogens is 302 g/mol. The Morgan fingerprint density at radius 3 is 2.45 bits per heavy atom. The number of carbonyl (C=O) groups excluding carboxylic acids is 3. The molecule has 0 heterocycles. The van der Waals surface area contributed by atoms with Crippen molar-refractivity contribution in [2.24, 2.45) is 0 Å². The minimum atomic E-state index is -0.597. The number of unbranched alkanes of at least 4 members (excludes halogenated alkanes) is 2. The molecule has 0 rings (SSSR count). The number of amides is 3. The summed E-state index contributed by atoms with van der Waals surface area (Å²) in [6.07, 6.45) is 4.89. The van der Waals surface area contributed by atoms with Gasteiger partial charge in [-0.2, -0.15) is 12.6 Å². The zero-order valence-electron chi connectivity index (χ0n) is 13.2. The third-order valence-electron chi connectivity index (χ3n) is 2.98. The van der Waals surface area contributed by atoms with Gasteiger partial charge in [0.2, 0.25) is 17.7 Å². The monoisotopic (exact) mass is 329 g/mol. The highest BCUT2D eigenvalue weighted by molar-refractivity contribution is 7.80. The van der Waals surface area contributed by atoms with E-state index in [1.54, 1.807) is 13.0 Å². The summed E-state index contributed by atoms with van der Waals surface area (Å²) >= 11 is 4.07. The lowest BCUT2D eigenvalue weighted by atomic mass is 10.2. The Morgan fingerprint density at radius 2 is 1.86 bits per heavy atom. The zero-order valence-corrected chi connectivity index (χ0v) is 14.1. The SMILES string of the molecule is C=CCNC(=O)CCCCCNC(=O)C(CS)NC(=O)CC. The molecule has 0 aromatic carbocycles. The number of thiol groups is 1. The highest BCUT2D eigenvalue weighted by Gasteiger charge is 2.17. The molecule has 3 N–H and O–H groups in total. The molecule has 3 amide bonds. The molecule has 22 heavy (non-hydrogen) atoms. The second kappa shape index (κ2) is 13.2. The van der Waals surface area contributed by atoms with E-state index < -0.39 is 6.04 Å². The second-order valence-corrected chi connectivity index (χ2v) is 5.22. The van der Waals surface area contributed by atoms with Crippen LogP contribution < -0.4 is 16.0 Å². The molecule has 0 aromatic rings. The van der Waals surface area contributed by atoms with Crippen LogP contribution in [0.25, 0.3) is 0 Å². The molecule has 0 spiro atoms. The van der Waals surface area contributed by atoms with Crippen LogP contribution in [0.1, 0.15) is 39.0 Å². The lowest BCUT2D eigenvalue weighted by molar-refractivity contribution is -0.128. The molecule has 1 atom stereocenters. The van der Waals surface area contributed by atoms with Crippen molar-refractivity contribution in [3.63, 3.8) is 0 Å². The summed E-state index contributed by atoms with van der Waals surface area (Å²) in [5.41, 5.74) is 0. The van der Waals surface area contributed by atoms with Crippen molar-refractivity contribution in [1.82, 2.24) is 16.0 Å². The smallest absolute Gasteiger partial charge is 0.243 e. The fourth-order valence-electron chi connectivity index (χ4n) is 1.69. The third kappa shape index (κ3) is 10.3. The summed E-state index contributed by atoms with van der Waals surface area (Å²) in [4.78, 5) is 34.4. The summed E-state index contributed by atoms with van der Waals surface area (Å²) < 4.78 is 0. The van der Waals surface area contributed by atoms with E-state index in [-0.39, 0.29) is 23.5 Å². The topological polar surface area (TPSA) is 87.3 Å². The quantitative estimate of drug-likeness (QED) is 0.242. The van der Waals surface area contributed by atoms with Gasteiger partial charge in [0.1, 0.15) is 6.04 Å². The van der Waals surface area contributed by atoms with Crippen LogP contribution >= 0.6 is 12.6 Å². The van der Waals surface area contributed by atoms with Crippen molar-refractivity contribution in [3.8, 4) is 0 Å². The summed E-state index contributed by atoms with van der Waals surface area (Å²) in [5.74, 6) is -0.109. The van der Waals surface area contributed by atoms with E-state index in [1.165, 1.54) is 0 Å². The molecule has 1 unspecified atom stereocenters. The summed E-state index contributed by atoms with van der Waals surface area (Å²) in [6, 6.07) is -0.597. The van der Waals surface area contributed by atoms with Crippen molar-refractivity contribution >= 4 is 30.4 Å². The van der Waals surface area contributed by atoms with Crippen LogP contribution in [0.3, 0.4) is 0 Å². The molecule has 0 aliphatic carbocycles. The molecule has 0 aromatic heterocycles. The minimum absolute atomic E-state index is 0.0151. The molecule has 6 nitrogen and oxygen atoms in total. The maximum atomic E-state index is 11.8. The van der Waals surface area contributed by atoms with E-state index in [9.17, 15) is 14.4 Å². The molecule has 0 bridgehead atoms. The van der Waals surface area contributed by atoms with Crippen LogP contribution in [0.4, 0.5) is 0 Å². The van der Waals surface area contributed by atoms with Crippen LogP contribution in [0.15, 0.2) is 12.7 Å². The third-order valence-corrected chi connectivity index (χ3v) is 3.34. The number of hydrogen-bond acceptors (Lipinski definition) is 4. The van der Waals surface area contributed by atoms with Crippen LogP contribution in [-0.4, -0.2) is 42.6 Å². The minimum Gasteiger partial charge on any atom is -0.354 e. The average molecular weight is 329 g/mol. The molecule has 0 aliphatic rings. The molecule has 0 saturated heterocycles. The first-order chi connectivity index (χ1) is 10.5. The molecule has 0 saturated carbocycles. The Hall–Kier alpha value is -1.50. The fraction of sp³-hybridized carbons (Fsp3) is 0.667. The van der Waals surface area contributed by atoms with Crippen LogP contribution in [0.5, 0.6) is 0 Å². The molecule has 0 aliphatic heterocycles. The Labute approximate surface area is 137 Å². The Balaban J connectivity index is 3.72. The van der Waals surface area contributed by atoms with Gasteiger partial charge in [-0.15, -0.1) is 6.58 Å². The van der Waals surface area contributed by atoms with Crippen LogP contribution in [0.2, 0.25) is 0 Å². The van der Waals surface area contributed by atoms with Gasteiger partial charge < -0.3 is 16.0 Å². The average Bonchev–Trinajstić information content (AvgIpc) is 2.53. The van der Waals surface area contributed by atoms with Crippen molar-refractivity contribution in [3.05, 3.63) is 12.7 Å².